The number of ether oxygens (including phenoxy) is 1. The minimum absolute atomic E-state index is 0.0854. The topological polar surface area (TPSA) is 63.6 Å². The van der Waals surface area contributed by atoms with E-state index >= 15 is 0 Å². The third-order valence-electron chi connectivity index (χ3n) is 3.21. The highest BCUT2D eigenvalue weighted by Gasteiger charge is 2.44. The Morgan fingerprint density at radius 1 is 1.31 bits per heavy atom. The first-order chi connectivity index (χ1) is 7.60. The van der Waals surface area contributed by atoms with Crippen molar-refractivity contribution in [1.82, 2.24) is 0 Å². The van der Waals surface area contributed by atoms with Gasteiger partial charge in [0.15, 0.2) is 0 Å². The van der Waals surface area contributed by atoms with Crippen LogP contribution in [-0.4, -0.2) is 23.7 Å². The van der Waals surface area contributed by atoms with E-state index in [4.69, 9.17) is 9.84 Å². The Morgan fingerprint density at radius 3 is 2.44 bits per heavy atom. The monoisotopic (exact) mass is 228 g/mol. The number of rotatable bonds is 6. The Bertz CT molecular complexity index is 254. The second-order valence-electron chi connectivity index (χ2n) is 4.55. The Hall–Kier alpha value is -1.06. The van der Waals surface area contributed by atoms with Crippen LogP contribution < -0.4 is 0 Å². The van der Waals surface area contributed by atoms with Gasteiger partial charge in [0.1, 0.15) is 0 Å². The van der Waals surface area contributed by atoms with Gasteiger partial charge < -0.3 is 9.84 Å². The van der Waals surface area contributed by atoms with Gasteiger partial charge in [-0.1, -0.05) is 26.2 Å². The van der Waals surface area contributed by atoms with Gasteiger partial charge in [-0.2, -0.15) is 0 Å². The van der Waals surface area contributed by atoms with Crippen LogP contribution in [-0.2, 0) is 14.3 Å². The average molecular weight is 228 g/mol. The number of unbranched alkanes of at least 4 members (excludes halogenated alkanes) is 1. The van der Waals surface area contributed by atoms with Crippen LogP contribution in [0.15, 0.2) is 0 Å². The van der Waals surface area contributed by atoms with Gasteiger partial charge >= 0.3 is 11.9 Å². The van der Waals surface area contributed by atoms with Crippen molar-refractivity contribution in [2.45, 2.75) is 51.9 Å². The molecule has 0 saturated heterocycles. The number of hydrogen-bond donors (Lipinski definition) is 1. The number of carboxylic acids is 1. The molecule has 4 nitrogen and oxygen atoms in total. The molecule has 1 fully saturated rings. The minimum Gasteiger partial charge on any atom is -0.481 e. The molecule has 0 bridgehead atoms. The van der Waals surface area contributed by atoms with Crippen molar-refractivity contribution >= 4 is 11.9 Å². The summed E-state index contributed by atoms with van der Waals surface area (Å²) in [4.78, 5) is 22.7. The molecule has 0 spiro atoms. The van der Waals surface area contributed by atoms with E-state index in [0.29, 0.717) is 19.4 Å². The fourth-order valence-electron chi connectivity index (χ4n) is 2.26. The second kappa shape index (κ2) is 5.87. The molecule has 1 rings (SSSR count). The zero-order valence-corrected chi connectivity index (χ0v) is 9.83. The molecule has 0 aromatic heterocycles. The van der Waals surface area contributed by atoms with Crippen LogP contribution in [0.3, 0.4) is 0 Å². The summed E-state index contributed by atoms with van der Waals surface area (Å²) in [6.07, 6.45) is 4.90. The van der Waals surface area contributed by atoms with Crippen LogP contribution in [0, 0.1) is 5.41 Å². The molecule has 0 heterocycles. The second-order valence-corrected chi connectivity index (χ2v) is 4.55. The van der Waals surface area contributed by atoms with Crippen molar-refractivity contribution < 1.29 is 19.4 Å². The van der Waals surface area contributed by atoms with Crippen molar-refractivity contribution in [3.8, 4) is 0 Å². The number of esters is 1. The fourth-order valence-corrected chi connectivity index (χ4v) is 2.26. The highest BCUT2D eigenvalue weighted by molar-refractivity contribution is 5.83. The van der Waals surface area contributed by atoms with E-state index in [9.17, 15) is 9.59 Å². The Morgan fingerprint density at radius 2 is 1.94 bits per heavy atom. The van der Waals surface area contributed by atoms with Crippen molar-refractivity contribution in [2.75, 3.05) is 6.61 Å². The minimum atomic E-state index is -0.908. The van der Waals surface area contributed by atoms with Crippen LogP contribution in [0.4, 0.5) is 0 Å². The molecular formula is C12H20O4. The molecule has 0 aromatic rings. The first-order valence-electron chi connectivity index (χ1n) is 6.00. The lowest BCUT2D eigenvalue weighted by Crippen LogP contribution is -2.32. The molecule has 0 unspecified atom stereocenters. The van der Waals surface area contributed by atoms with Crippen molar-refractivity contribution in [1.29, 1.82) is 0 Å². The molecule has 0 radical (unpaired) electrons. The Labute approximate surface area is 96.0 Å². The molecule has 0 aliphatic heterocycles. The predicted octanol–water partition coefficient (Wildman–Crippen LogP) is 2.36. The van der Waals surface area contributed by atoms with E-state index in [0.717, 1.165) is 25.7 Å². The summed E-state index contributed by atoms with van der Waals surface area (Å²) >= 11 is 0. The summed E-state index contributed by atoms with van der Waals surface area (Å²) in [6.45, 7) is 2.44. The lowest BCUT2D eigenvalue weighted by molar-refractivity contribution is -0.161. The molecule has 1 aliphatic rings. The zero-order chi connectivity index (χ0) is 12.0. The summed E-state index contributed by atoms with van der Waals surface area (Å²) in [5, 5.41) is 8.85. The van der Waals surface area contributed by atoms with Crippen molar-refractivity contribution in [2.24, 2.45) is 5.41 Å². The lowest BCUT2D eigenvalue weighted by Gasteiger charge is -2.24. The molecule has 0 atom stereocenters. The molecule has 1 saturated carbocycles. The van der Waals surface area contributed by atoms with E-state index in [2.05, 4.69) is 0 Å². The van der Waals surface area contributed by atoms with Gasteiger partial charge in [0.25, 0.3) is 0 Å². The van der Waals surface area contributed by atoms with Crippen molar-refractivity contribution in [3.05, 3.63) is 0 Å². The molecular weight excluding hydrogens is 208 g/mol. The lowest BCUT2D eigenvalue weighted by atomic mass is 9.83. The summed E-state index contributed by atoms with van der Waals surface area (Å²) in [5.41, 5.74) is -0.737. The van der Waals surface area contributed by atoms with Gasteiger partial charge in [-0.3, -0.25) is 9.59 Å². The van der Waals surface area contributed by atoms with Gasteiger partial charge in [-0.15, -0.1) is 0 Å². The fraction of sp³-hybridized carbons (Fsp3) is 0.833. The van der Waals surface area contributed by atoms with E-state index < -0.39 is 11.4 Å². The number of carbonyl (C=O) groups excluding carboxylic acids is 1. The van der Waals surface area contributed by atoms with Gasteiger partial charge in [-0.05, 0) is 19.3 Å². The van der Waals surface area contributed by atoms with Crippen LogP contribution >= 0.6 is 0 Å². The molecule has 16 heavy (non-hydrogen) atoms. The van der Waals surface area contributed by atoms with Crippen LogP contribution in [0.25, 0.3) is 0 Å². The zero-order valence-electron chi connectivity index (χ0n) is 9.83. The summed E-state index contributed by atoms with van der Waals surface area (Å²) < 4.78 is 5.17. The third kappa shape index (κ3) is 3.22. The molecule has 1 N–H and O–H groups in total. The van der Waals surface area contributed by atoms with Gasteiger partial charge in [0.2, 0.25) is 0 Å². The van der Waals surface area contributed by atoms with Gasteiger partial charge in [-0.25, -0.2) is 0 Å². The number of carbonyl (C=O) groups is 2. The maximum atomic E-state index is 11.9. The van der Waals surface area contributed by atoms with E-state index in [-0.39, 0.29) is 12.4 Å². The Balaban J connectivity index is 2.55. The Kier molecular flexibility index (Phi) is 4.77. The molecule has 1 aliphatic carbocycles. The molecule has 0 aromatic carbocycles. The van der Waals surface area contributed by atoms with Gasteiger partial charge in [0, 0.05) is 0 Å². The quantitative estimate of drug-likeness (QED) is 0.560. The summed E-state index contributed by atoms with van der Waals surface area (Å²) in [5.74, 6) is -1.21. The highest BCUT2D eigenvalue weighted by atomic mass is 16.5. The first-order valence-corrected chi connectivity index (χ1v) is 6.00. The number of hydrogen-bond acceptors (Lipinski definition) is 3. The normalized spacial score (nSPS) is 18.3. The van der Waals surface area contributed by atoms with Crippen LogP contribution in [0.5, 0.6) is 0 Å². The SMILES string of the molecule is CCCCOC(=O)C1(CC(=O)O)CCCC1. The van der Waals surface area contributed by atoms with E-state index in [1.807, 2.05) is 6.92 Å². The van der Waals surface area contributed by atoms with Crippen molar-refractivity contribution in [3.63, 3.8) is 0 Å². The molecule has 92 valence electrons. The standard InChI is InChI=1S/C12H20O4/c1-2-3-8-16-11(15)12(9-10(13)14)6-4-5-7-12/h2-9H2,1H3,(H,13,14). The third-order valence-corrected chi connectivity index (χ3v) is 3.21. The van der Waals surface area contributed by atoms with Crippen LogP contribution in [0.2, 0.25) is 0 Å². The molecule has 4 heteroatoms. The van der Waals surface area contributed by atoms with Crippen LogP contribution in [0.1, 0.15) is 51.9 Å². The highest BCUT2D eigenvalue weighted by Crippen LogP contribution is 2.42. The summed E-state index contributed by atoms with van der Waals surface area (Å²) in [6, 6.07) is 0. The van der Waals surface area contributed by atoms with Gasteiger partial charge in [0.05, 0.1) is 18.4 Å². The maximum absolute atomic E-state index is 11.9. The number of aliphatic carboxylic acids is 1. The first kappa shape index (κ1) is 13.0. The largest absolute Gasteiger partial charge is 0.481 e. The average Bonchev–Trinajstić information content (AvgIpc) is 2.67. The summed E-state index contributed by atoms with van der Waals surface area (Å²) in [7, 11) is 0. The maximum Gasteiger partial charge on any atom is 0.312 e. The van der Waals surface area contributed by atoms with E-state index in [1.165, 1.54) is 0 Å². The predicted molar refractivity (Wildman–Crippen MR) is 59.0 cm³/mol. The molecule has 0 amide bonds. The number of carboxylic acid groups (broad SMARTS) is 1. The van der Waals surface area contributed by atoms with E-state index in [1.54, 1.807) is 0 Å². The smallest absolute Gasteiger partial charge is 0.312 e.